The number of pyridine rings is 1. The Morgan fingerprint density at radius 1 is 1.21 bits per heavy atom. The Labute approximate surface area is 170 Å². The third-order valence-corrected chi connectivity index (χ3v) is 5.79. The predicted molar refractivity (Wildman–Crippen MR) is 113 cm³/mol. The standard InChI is InChI=1S/C20H19N7OS/c28-19(25-15-3-5-21-11-15)17-8-14(4-6-22-17)26-20-27-16-2-1-12(7-18(16)29-20)13-9-23-24-10-13/h1-2,4,6-10,15,21H,3,5,11H2,(H,23,24)(H,25,28)(H,22,26,27). The number of amides is 1. The van der Waals surface area contributed by atoms with Crippen molar-refractivity contribution in [2.45, 2.75) is 12.5 Å². The number of rotatable bonds is 5. The highest BCUT2D eigenvalue weighted by Crippen LogP contribution is 2.31. The molecule has 1 aromatic carbocycles. The van der Waals surface area contributed by atoms with E-state index in [9.17, 15) is 4.79 Å². The Kier molecular flexibility index (Phi) is 4.66. The van der Waals surface area contributed by atoms with Crippen molar-refractivity contribution in [3.63, 3.8) is 0 Å². The molecule has 1 saturated heterocycles. The monoisotopic (exact) mass is 405 g/mol. The topological polar surface area (TPSA) is 108 Å². The highest BCUT2D eigenvalue weighted by atomic mass is 32.1. The molecule has 1 atom stereocenters. The van der Waals surface area contributed by atoms with Gasteiger partial charge in [0, 0.05) is 36.2 Å². The highest BCUT2D eigenvalue weighted by Gasteiger charge is 2.18. The molecule has 0 bridgehead atoms. The van der Waals surface area contributed by atoms with Crippen molar-refractivity contribution < 1.29 is 4.79 Å². The van der Waals surface area contributed by atoms with Crippen molar-refractivity contribution in [3.8, 4) is 11.1 Å². The van der Waals surface area contributed by atoms with Gasteiger partial charge < -0.3 is 16.0 Å². The Morgan fingerprint density at radius 2 is 2.17 bits per heavy atom. The van der Waals surface area contributed by atoms with E-state index in [0.717, 1.165) is 51.7 Å². The van der Waals surface area contributed by atoms with E-state index in [-0.39, 0.29) is 11.9 Å². The number of nitrogens with zero attached hydrogens (tertiary/aromatic N) is 3. The fourth-order valence-corrected chi connectivity index (χ4v) is 4.28. The molecule has 1 fully saturated rings. The Balaban J connectivity index is 1.34. The van der Waals surface area contributed by atoms with Crippen LogP contribution in [0.25, 0.3) is 21.3 Å². The molecule has 4 N–H and O–H groups in total. The first-order valence-corrected chi connectivity index (χ1v) is 10.2. The van der Waals surface area contributed by atoms with Gasteiger partial charge >= 0.3 is 0 Å². The number of hydrogen-bond acceptors (Lipinski definition) is 7. The molecule has 9 heteroatoms. The maximum Gasteiger partial charge on any atom is 0.270 e. The number of fused-ring (bicyclic) bond motifs is 1. The normalized spacial score (nSPS) is 16.2. The SMILES string of the molecule is O=C(NC1CCNC1)c1cc(Nc2nc3ccc(-c4cn[nH]c4)cc3s2)ccn1. The molecule has 0 radical (unpaired) electrons. The average Bonchev–Trinajstić information content (AvgIpc) is 3.49. The van der Waals surface area contributed by atoms with Crippen molar-refractivity contribution in [2.75, 3.05) is 18.4 Å². The molecule has 146 valence electrons. The molecule has 1 aliphatic rings. The summed E-state index contributed by atoms with van der Waals surface area (Å²) < 4.78 is 1.08. The van der Waals surface area contributed by atoms with E-state index < -0.39 is 0 Å². The van der Waals surface area contributed by atoms with Gasteiger partial charge in [0.05, 0.1) is 16.4 Å². The summed E-state index contributed by atoms with van der Waals surface area (Å²) in [5, 5.41) is 17.1. The summed E-state index contributed by atoms with van der Waals surface area (Å²) in [6.07, 6.45) is 6.24. The van der Waals surface area contributed by atoms with Crippen LogP contribution in [0.1, 0.15) is 16.9 Å². The molecule has 4 heterocycles. The Bertz CT molecular complexity index is 1150. The zero-order valence-electron chi connectivity index (χ0n) is 15.5. The predicted octanol–water partition coefficient (Wildman–Crippen LogP) is 2.92. The lowest BCUT2D eigenvalue weighted by Gasteiger charge is -2.11. The number of carbonyl (C=O) groups is 1. The van der Waals surface area contributed by atoms with E-state index >= 15 is 0 Å². The second-order valence-electron chi connectivity index (χ2n) is 6.91. The fourth-order valence-electron chi connectivity index (χ4n) is 3.36. The number of aromatic nitrogens is 4. The molecule has 5 rings (SSSR count). The lowest BCUT2D eigenvalue weighted by molar-refractivity contribution is 0.0935. The molecule has 4 aromatic rings. The molecule has 0 saturated carbocycles. The summed E-state index contributed by atoms with van der Waals surface area (Å²) in [4.78, 5) is 21.3. The minimum atomic E-state index is -0.156. The summed E-state index contributed by atoms with van der Waals surface area (Å²) >= 11 is 1.56. The fraction of sp³-hybridized carbons (Fsp3) is 0.200. The number of aromatic amines is 1. The van der Waals surface area contributed by atoms with Crippen molar-refractivity contribution in [1.82, 2.24) is 30.8 Å². The van der Waals surface area contributed by atoms with Crippen LogP contribution in [-0.2, 0) is 0 Å². The van der Waals surface area contributed by atoms with Crippen molar-refractivity contribution >= 4 is 38.3 Å². The van der Waals surface area contributed by atoms with E-state index in [1.54, 1.807) is 29.8 Å². The van der Waals surface area contributed by atoms with Gasteiger partial charge in [0.25, 0.3) is 5.91 Å². The van der Waals surface area contributed by atoms with Crippen LogP contribution in [-0.4, -0.2) is 45.2 Å². The molecular formula is C20H19N7OS. The van der Waals surface area contributed by atoms with Crippen molar-refractivity contribution in [3.05, 3.63) is 54.6 Å². The van der Waals surface area contributed by atoms with Gasteiger partial charge in [0.15, 0.2) is 5.13 Å². The average molecular weight is 405 g/mol. The van der Waals surface area contributed by atoms with Crippen LogP contribution in [0.2, 0.25) is 0 Å². The first kappa shape index (κ1) is 17.8. The number of thiazole rings is 1. The maximum atomic E-state index is 12.4. The number of hydrogen-bond donors (Lipinski definition) is 4. The van der Waals surface area contributed by atoms with Gasteiger partial charge in [-0.15, -0.1) is 0 Å². The molecule has 1 amide bonds. The third kappa shape index (κ3) is 3.82. The van der Waals surface area contributed by atoms with Gasteiger partial charge in [0.2, 0.25) is 0 Å². The minimum Gasteiger partial charge on any atom is -0.347 e. The lowest BCUT2D eigenvalue weighted by Crippen LogP contribution is -2.36. The molecule has 29 heavy (non-hydrogen) atoms. The van der Waals surface area contributed by atoms with Crippen LogP contribution < -0.4 is 16.0 Å². The number of carbonyl (C=O) groups excluding carboxylic acids is 1. The van der Waals surface area contributed by atoms with Crippen LogP contribution in [0.4, 0.5) is 10.8 Å². The molecule has 1 unspecified atom stereocenters. The zero-order chi connectivity index (χ0) is 19.6. The number of anilines is 2. The van der Waals surface area contributed by atoms with Gasteiger partial charge in [-0.1, -0.05) is 17.4 Å². The van der Waals surface area contributed by atoms with Crippen LogP contribution in [0.15, 0.2) is 48.9 Å². The lowest BCUT2D eigenvalue weighted by atomic mass is 10.1. The van der Waals surface area contributed by atoms with Crippen LogP contribution >= 0.6 is 11.3 Å². The van der Waals surface area contributed by atoms with E-state index in [2.05, 4.69) is 42.2 Å². The number of H-pyrrole nitrogens is 1. The summed E-state index contributed by atoms with van der Waals surface area (Å²) in [5.41, 5.74) is 4.22. The second kappa shape index (κ2) is 7.61. The Morgan fingerprint density at radius 3 is 3.00 bits per heavy atom. The van der Waals surface area contributed by atoms with Gasteiger partial charge in [-0.3, -0.25) is 14.9 Å². The largest absolute Gasteiger partial charge is 0.347 e. The van der Waals surface area contributed by atoms with Crippen molar-refractivity contribution in [2.24, 2.45) is 0 Å². The molecule has 8 nitrogen and oxygen atoms in total. The summed E-state index contributed by atoms with van der Waals surface area (Å²) in [5.74, 6) is -0.156. The first-order valence-electron chi connectivity index (χ1n) is 9.39. The van der Waals surface area contributed by atoms with Crippen LogP contribution in [0, 0.1) is 0 Å². The molecule has 3 aromatic heterocycles. The smallest absolute Gasteiger partial charge is 0.270 e. The zero-order valence-corrected chi connectivity index (χ0v) is 16.3. The van der Waals surface area contributed by atoms with Crippen LogP contribution in [0.5, 0.6) is 0 Å². The minimum absolute atomic E-state index is 0.156. The van der Waals surface area contributed by atoms with Gasteiger partial charge in [-0.2, -0.15) is 5.10 Å². The molecular weight excluding hydrogens is 386 g/mol. The molecule has 0 aliphatic carbocycles. The van der Waals surface area contributed by atoms with Crippen molar-refractivity contribution in [1.29, 1.82) is 0 Å². The quantitative estimate of drug-likeness (QED) is 0.407. The van der Waals surface area contributed by atoms with Gasteiger partial charge in [-0.25, -0.2) is 4.98 Å². The summed E-state index contributed by atoms with van der Waals surface area (Å²) in [6, 6.07) is 9.88. The summed E-state index contributed by atoms with van der Waals surface area (Å²) in [7, 11) is 0. The Hall–Kier alpha value is -3.30. The van der Waals surface area contributed by atoms with Gasteiger partial charge in [-0.05, 0) is 42.8 Å². The first-order chi connectivity index (χ1) is 14.2. The number of nitrogens with one attached hydrogen (secondary N) is 4. The number of benzene rings is 1. The van der Waals surface area contributed by atoms with E-state index in [0.29, 0.717) is 5.69 Å². The maximum absolute atomic E-state index is 12.4. The summed E-state index contributed by atoms with van der Waals surface area (Å²) in [6.45, 7) is 1.73. The second-order valence-corrected chi connectivity index (χ2v) is 7.94. The third-order valence-electron chi connectivity index (χ3n) is 4.86. The van der Waals surface area contributed by atoms with E-state index in [1.807, 2.05) is 24.4 Å². The molecule has 1 aliphatic heterocycles. The van der Waals surface area contributed by atoms with E-state index in [1.165, 1.54) is 0 Å². The molecule has 0 spiro atoms. The van der Waals surface area contributed by atoms with Gasteiger partial charge in [0.1, 0.15) is 5.69 Å². The van der Waals surface area contributed by atoms with Crippen LogP contribution in [0.3, 0.4) is 0 Å². The highest BCUT2D eigenvalue weighted by molar-refractivity contribution is 7.22. The van der Waals surface area contributed by atoms with E-state index in [4.69, 9.17) is 0 Å².